The highest BCUT2D eigenvalue weighted by molar-refractivity contribution is 5.96. The molecule has 0 unspecified atom stereocenters. The standard InChI is InChI=1S/C20H28O4/c1-11(9-21)14-6-7-20(3)8-15-12(2)18(23)19(24)17(15)13(10-22)4-5-16(14)20/h4,10-12,15,17-18,21,23H,5-9H2,1-3H3/b13-4-/t11-,12-,15+,17-,18-,20-/m1/s1. The Balaban J connectivity index is 2.08. The third kappa shape index (κ3) is 2.51. The molecule has 4 heteroatoms. The van der Waals surface area contributed by atoms with E-state index < -0.39 is 12.0 Å². The number of fused-ring (bicyclic) bond motifs is 2. The van der Waals surface area contributed by atoms with Crippen molar-refractivity contribution in [2.24, 2.45) is 29.1 Å². The predicted molar refractivity (Wildman–Crippen MR) is 91.2 cm³/mol. The molecule has 24 heavy (non-hydrogen) atoms. The van der Waals surface area contributed by atoms with Crippen LogP contribution in [0.15, 0.2) is 22.8 Å². The average molecular weight is 332 g/mol. The van der Waals surface area contributed by atoms with Gasteiger partial charge < -0.3 is 10.2 Å². The highest BCUT2D eigenvalue weighted by Crippen LogP contribution is 2.55. The first-order valence-electron chi connectivity index (χ1n) is 9.04. The number of aldehydes is 1. The second kappa shape index (κ2) is 6.23. The molecule has 132 valence electrons. The number of hydrogen-bond donors (Lipinski definition) is 2. The van der Waals surface area contributed by atoms with Gasteiger partial charge in [0.1, 0.15) is 12.4 Å². The molecule has 0 bridgehead atoms. The summed E-state index contributed by atoms with van der Waals surface area (Å²) in [6.07, 6.45) is 5.22. The fourth-order valence-electron chi connectivity index (χ4n) is 5.25. The number of hydrogen-bond acceptors (Lipinski definition) is 4. The molecule has 2 N–H and O–H groups in total. The Morgan fingerprint density at radius 1 is 1.46 bits per heavy atom. The molecular formula is C20H28O4. The van der Waals surface area contributed by atoms with E-state index in [4.69, 9.17) is 0 Å². The van der Waals surface area contributed by atoms with Gasteiger partial charge in [-0.2, -0.15) is 0 Å². The predicted octanol–water partition coefficient (Wildman–Crippen LogP) is 2.44. The third-order valence-electron chi connectivity index (χ3n) is 6.85. The lowest BCUT2D eigenvalue weighted by atomic mass is 9.67. The van der Waals surface area contributed by atoms with Crippen LogP contribution in [0, 0.1) is 29.1 Å². The maximum absolute atomic E-state index is 12.5. The van der Waals surface area contributed by atoms with Crippen molar-refractivity contribution in [3.05, 3.63) is 22.8 Å². The summed E-state index contributed by atoms with van der Waals surface area (Å²) in [7, 11) is 0. The molecule has 0 aromatic heterocycles. The Morgan fingerprint density at radius 2 is 2.17 bits per heavy atom. The maximum atomic E-state index is 12.5. The highest BCUT2D eigenvalue weighted by Gasteiger charge is 2.52. The molecule has 0 heterocycles. The number of Topliss-reactive ketones (excluding diaryl/α,β-unsaturated/α-hetero) is 1. The lowest BCUT2D eigenvalue weighted by molar-refractivity contribution is -0.128. The van der Waals surface area contributed by atoms with Gasteiger partial charge in [-0.05, 0) is 48.5 Å². The minimum Gasteiger partial charge on any atom is -0.396 e. The third-order valence-corrected chi connectivity index (χ3v) is 6.85. The molecule has 1 saturated carbocycles. The highest BCUT2D eigenvalue weighted by atomic mass is 16.3. The lowest BCUT2D eigenvalue weighted by Crippen LogP contribution is -2.30. The monoisotopic (exact) mass is 332 g/mol. The molecule has 3 aliphatic rings. The van der Waals surface area contributed by atoms with Crippen molar-refractivity contribution in [2.45, 2.75) is 52.6 Å². The zero-order valence-electron chi connectivity index (χ0n) is 14.8. The van der Waals surface area contributed by atoms with E-state index in [-0.39, 0.29) is 35.6 Å². The van der Waals surface area contributed by atoms with E-state index in [1.165, 1.54) is 11.1 Å². The minimum absolute atomic E-state index is 0.00744. The van der Waals surface area contributed by atoms with Gasteiger partial charge in [0.15, 0.2) is 5.78 Å². The van der Waals surface area contributed by atoms with Gasteiger partial charge in [-0.3, -0.25) is 9.59 Å². The molecule has 0 saturated heterocycles. The van der Waals surface area contributed by atoms with Crippen LogP contribution in [0.4, 0.5) is 0 Å². The van der Waals surface area contributed by atoms with Crippen LogP contribution in [0.5, 0.6) is 0 Å². The summed E-state index contributed by atoms with van der Waals surface area (Å²) in [5.41, 5.74) is 3.18. The van der Waals surface area contributed by atoms with Gasteiger partial charge in [0.2, 0.25) is 0 Å². The summed E-state index contributed by atoms with van der Waals surface area (Å²) in [4.78, 5) is 24.1. The first-order valence-corrected chi connectivity index (χ1v) is 9.04. The molecule has 0 aliphatic heterocycles. The van der Waals surface area contributed by atoms with Crippen LogP contribution in [0.3, 0.4) is 0 Å². The van der Waals surface area contributed by atoms with Gasteiger partial charge in [0, 0.05) is 12.5 Å². The lowest BCUT2D eigenvalue weighted by Gasteiger charge is -2.36. The first kappa shape index (κ1) is 17.6. The number of carbonyl (C=O) groups is 2. The van der Waals surface area contributed by atoms with Crippen molar-refractivity contribution in [3.63, 3.8) is 0 Å². The van der Waals surface area contributed by atoms with Crippen LogP contribution in [-0.2, 0) is 9.59 Å². The van der Waals surface area contributed by atoms with Crippen molar-refractivity contribution in [1.29, 1.82) is 0 Å². The van der Waals surface area contributed by atoms with Crippen LogP contribution in [0.25, 0.3) is 0 Å². The molecule has 0 aromatic rings. The average Bonchev–Trinajstić information content (AvgIpc) is 2.97. The molecule has 3 aliphatic carbocycles. The fraction of sp³-hybridized carbons (Fsp3) is 0.700. The summed E-state index contributed by atoms with van der Waals surface area (Å²) in [6.45, 7) is 6.36. The maximum Gasteiger partial charge on any atom is 0.169 e. The van der Waals surface area contributed by atoms with E-state index in [1.54, 1.807) is 0 Å². The van der Waals surface area contributed by atoms with Crippen LogP contribution in [0.1, 0.15) is 46.5 Å². The molecular weight excluding hydrogens is 304 g/mol. The SMILES string of the molecule is C[C@@H]1[C@@H]2C[C@@]3(C)CCC([C@H](C)CO)=C3C/C=C(/C=O)[C@H]2C(=O)[C@@H]1O. The van der Waals surface area contributed by atoms with Crippen molar-refractivity contribution in [2.75, 3.05) is 6.61 Å². The van der Waals surface area contributed by atoms with Crippen molar-refractivity contribution in [3.8, 4) is 0 Å². The van der Waals surface area contributed by atoms with Crippen LogP contribution >= 0.6 is 0 Å². The van der Waals surface area contributed by atoms with E-state index >= 15 is 0 Å². The molecule has 3 rings (SSSR count). The molecule has 0 radical (unpaired) electrons. The summed E-state index contributed by atoms with van der Waals surface area (Å²) in [6, 6.07) is 0. The summed E-state index contributed by atoms with van der Waals surface area (Å²) >= 11 is 0. The Labute approximate surface area is 143 Å². The number of ketones is 1. The first-order chi connectivity index (χ1) is 11.3. The number of aliphatic hydroxyl groups is 2. The van der Waals surface area contributed by atoms with Crippen molar-refractivity contribution < 1.29 is 19.8 Å². The second-order valence-corrected chi connectivity index (χ2v) is 8.23. The van der Waals surface area contributed by atoms with Gasteiger partial charge in [-0.25, -0.2) is 0 Å². The van der Waals surface area contributed by atoms with Crippen LogP contribution in [-0.4, -0.2) is 35.0 Å². The van der Waals surface area contributed by atoms with E-state index in [1.807, 2.05) is 19.9 Å². The zero-order valence-corrected chi connectivity index (χ0v) is 14.8. The molecule has 0 amide bonds. The van der Waals surface area contributed by atoms with Gasteiger partial charge >= 0.3 is 0 Å². The number of allylic oxidation sites excluding steroid dienone is 3. The number of aliphatic hydroxyl groups excluding tert-OH is 2. The van der Waals surface area contributed by atoms with E-state index in [2.05, 4.69) is 6.92 Å². The Kier molecular flexibility index (Phi) is 4.56. The van der Waals surface area contributed by atoms with E-state index in [0.717, 1.165) is 25.5 Å². The Morgan fingerprint density at radius 3 is 2.79 bits per heavy atom. The number of carbonyl (C=O) groups excluding carboxylic acids is 2. The second-order valence-electron chi connectivity index (χ2n) is 8.23. The summed E-state index contributed by atoms with van der Waals surface area (Å²) in [5, 5.41) is 19.8. The van der Waals surface area contributed by atoms with Gasteiger partial charge in [-0.15, -0.1) is 0 Å². The van der Waals surface area contributed by atoms with Gasteiger partial charge in [0.25, 0.3) is 0 Å². The van der Waals surface area contributed by atoms with Crippen molar-refractivity contribution in [1.82, 2.24) is 0 Å². The summed E-state index contributed by atoms with van der Waals surface area (Å²) < 4.78 is 0. The van der Waals surface area contributed by atoms with E-state index in [9.17, 15) is 19.8 Å². The Hall–Kier alpha value is -1.26. The van der Waals surface area contributed by atoms with Crippen LogP contribution < -0.4 is 0 Å². The number of rotatable bonds is 3. The van der Waals surface area contributed by atoms with E-state index in [0.29, 0.717) is 12.0 Å². The normalized spacial score (nSPS) is 42.7. The zero-order chi connectivity index (χ0) is 17.6. The van der Waals surface area contributed by atoms with Crippen LogP contribution in [0.2, 0.25) is 0 Å². The molecule has 0 spiro atoms. The van der Waals surface area contributed by atoms with Gasteiger partial charge in [0.05, 0.1) is 5.92 Å². The smallest absolute Gasteiger partial charge is 0.169 e. The van der Waals surface area contributed by atoms with Gasteiger partial charge in [-0.1, -0.05) is 38.0 Å². The minimum atomic E-state index is -0.963. The molecule has 1 fully saturated rings. The molecule has 0 aromatic carbocycles. The molecule has 4 nitrogen and oxygen atoms in total. The molecule has 6 atom stereocenters. The quantitative estimate of drug-likeness (QED) is 0.615. The largest absolute Gasteiger partial charge is 0.396 e. The van der Waals surface area contributed by atoms with Crippen molar-refractivity contribution >= 4 is 12.1 Å². The Bertz CT molecular complexity index is 617. The summed E-state index contributed by atoms with van der Waals surface area (Å²) in [5.74, 6) is -0.623. The topological polar surface area (TPSA) is 74.6 Å². The fourth-order valence-corrected chi connectivity index (χ4v) is 5.25.